The molecule has 1 aromatic heterocycles. The van der Waals surface area contributed by atoms with Crippen LogP contribution in [-0.2, 0) is 6.42 Å². The van der Waals surface area contributed by atoms with Crippen molar-refractivity contribution < 1.29 is 4.42 Å². The normalized spacial score (nSPS) is 14.0. The van der Waals surface area contributed by atoms with Crippen LogP contribution < -0.4 is 10.4 Å². The molecule has 0 spiro atoms. The van der Waals surface area contributed by atoms with E-state index in [9.17, 15) is 0 Å². The Balaban J connectivity index is 1.92. The summed E-state index contributed by atoms with van der Waals surface area (Å²) in [5.74, 6) is 2.04. The highest BCUT2D eigenvalue weighted by Gasteiger charge is 2.26. The molecule has 3 heteroatoms. The van der Waals surface area contributed by atoms with Crippen LogP contribution in [0.2, 0.25) is 39.3 Å². The van der Waals surface area contributed by atoms with Crippen molar-refractivity contribution in [1.29, 1.82) is 0 Å². The summed E-state index contributed by atoms with van der Waals surface area (Å²) in [5, 5.41) is 3.14. The Morgan fingerprint density at radius 2 is 1.35 bits per heavy atom. The van der Waals surface area contributed by atoms with Crippen LogP contribution >= 0.6 is 0 Å². The van der Waals surface area contributed by atoms with E-state index in [0.29, 0.717) is 0 Å². The lowest BCUT2D eigenvalue weighted by Crippen LogP contribution is -2.45. The van der Waals surface area contributed by atoms with Crippen molar-refractivity contribution in [2.45, 2.75) is 66.5 Å². The van der Waals surface area contributed by atoms with Crippen molar-refractivity contribution >= 4 is 38.2 Å². The second-order valence-electron chi connectivity index (χ2n) is 11.3. The lowest BCUT2D eigenvalue weighted by Gasteiger charge is -2.25. The van der Waals surface area contributed by atoms with Gasteiger partial charge >= 0.3 is 0 Å². The van der Waals surface area contributed by atoms with E-state index in [1.165, 1.54) is 39.0 Å². The molecular formula is C28H36OSi2. The third kappa shape index (κ3) is 4.18. The average Bonchev–Trinajstić information content (AvgIpc) is 3.23. The van der Waals surface area contributed by atoms with Crippen molar-refractivity contribution in [3.8, 4) is 11.1 Å². The molecule has 1 heterocycles. The lowest BCUT2D eigenvalue weighted by molar-refractivity contribution is 0.518. The molecule has 162 valence electrons. The minimum atomic E-state index is -1.43. The third-order valence-electron chi connectivity index (χ3n) is 6.68. The molecule has 0 aliphatic heterocycles. The minimum Gasteiger partial charge on any atom is -0.461 e. The first-order valence-corrected chi connectivity index (χ1v) is 18.4. The van der Waals surface area contributed by atoms with Gasteiger partial charge in [-0.05, 0) is 71.9 Å². The smallest absolute Gasteiger partial charge is 0.130 e. The van der Waals surface area contributed by atoms with Crippen molar-refractivity contribution in [3.63, 3.8) is 0 Å². The molecule has 1 nitrogen and oxygen atoms in total. The van der Waals surface area contributed by atoms with E-state index in [0.717, 1.165) is 17.9 Å². The number of allylic oxidation sites excluding steroid dienone is 1. The summed E-state index contributed by atoms with van der Waals surface area (Å²) < 4.78 is 6.08. The summed E-state index contributed by atoms with van der Waals surface area (Å²) in [6, 6.07) is 14.3. The lowest BCUT2D eigenvalue weighted by atomic mass is 9.93. The van der Waals surface area contributed by atoms with E-state index in [1.807, 2.05) is 0 Å². The molecule has 0 saturated carbocycles. The van der Waals surface area contributed by atoms with Gasteiger partial charge in [0.15, 0.2) is 0 Å². The number of hydrogen-bond donors (Lipinski definition) is 0. The average molecular weight is 445 g/mol. The Labute approximate surface area is 190 Å². The molecule has 0 saturated heterocycles. The fourth-order valence-electron chi connectivity index (χ4n) is 4.43. The molecule has 0 unspecified atom stereocenters. The summed E-state index contributed by atoms with van der Waals surface area (Å²) in [7, 11) is -2.86. The largest absolute Gasteiger partial charge is 0.461 e. The first kappa shape index (κ1) is 22.1. The molecule has 0 N–H and O–H groups in total. The van der Waals surface area contributed by atoms with Gasteiger partial charge in [0.25, 0.3) is 0 Å². The Morgan fingerprint density at radius 3 is 1.87 bits per heavy atom. The van der Waals surface area contributed by atoms with Crippen molar-refractivity contribution in [2.24, 2.45) is 0 Å². The van der Waals surface area contributed by atoms with Crippen LogP contribution in [0.15, 0.2) is 40.8 Å². The van der Waals surface area contributed by atoms with E-state index in [4.69, 9.17) is 4.42 Å². The van der Waals surface area contributed by atoms with E-state index >= 15 is 0 Å². The first-order chi connectivity index (χ1) is 14.3. The number of furan rings is 1. The van der Waals surface area contributed by atoms with Gasteiger partial charge in [0.1, 0.15) is 11.5 Å². The highest BCUT2D eigenvalue weighted by atomic mass is 28.3. The SMILES string of the molecule is Cc1cc(C2=Cc3c(ccc(C)c3-c3cc([Si](C)(C)C)cc([Si](C)(C)C)c3)C2)oc1C. The number of rotatable bonds is 4. The Morgan fingerprint density at radius 1 is 0.742 bits per heavy atom. The zero-order valence-electron chi connectivity index (χ0n) is 20.7. The van der Waals surface area contributed by atoms with Gasteiger partial charge in [-0.15, -0.1) is 0 Å². The monoisotopic (exact) mass is 444 g/mol. The molecule has 31 heavy (non-hydrogen) atoms. The summed E-state index contributed by atoms with van der Waals surface area (Å²) in [5.41, 5.74) is 9.49. The van der Waals surface area contributed by atoms with Gasteiger partial charge in [-0.3, -0.25) is 0 Å². The van der Waals surface area contributed by atoms with Crippen LogP contribution in [0.25, 0.3) is 22.8 Å². The Kier molecular flexibility index (Phi) is 5.34. The maximum Gasteiger partial charge on any atom is 0.130 e. The van der Waals surface area contributed by atoms with Crippen LogP contribution in [0.4, 0.5) is 0 Å². The van der Waals surface area contributed by atoms with Gasteiger partial charge in [0, 0.05) is 6.42 Å². The molecule has 1 aliphatic rings. The molecule has 4 rings (SSSR count). The molecule has 3 aromatic rings. The van der Waals surface area contributed by atoms with E-state index < -0.39 is 16.1 Å². The minimum absolute atomic E-state index is 0.948. The zero-order chi connectivity index (χ0) is 22.7. The molecular weight excluding hydrogens is 408 g/mol. The third-order valence-corrected chi connectivity index (χ3v) is 10.7. The van der Waals surface area contributed by atoms with E-state index in [-0.39, 0.29) is 0 Å². The predicted molar refractivity (Wildman–Crippen MR) is 142 cm³/mol. The van der Waals surface area contributed by atoms with E-state index in [1.54, 1.807) is 10.4 Å². The van der Waals surface area contributed by atoms with Gasteiger partial charge in [-0.2, -0.15) is 0 Å². The topological polar surface area (TPSA) is 13.1 Å². The Bertz CT molecular complexity index is 1150. The van der Waals surface area contributed by atoms with Crippen LogP contribution in [0.5, 0.6) is 0 Å². The number of benzene rings is 2. The quantitative estimate of drug-likeness (QED) is 0.393. The van der Waals surface area contributed by atoms with Gasteiger partial charge in [-0.1, -0.05) is 80.0 Å². The van der Waals surface area contributed by atoms with Gasteiger partial charge in [0.2, 0.25) is 0 Å². The van der Waals surface area contributed by atoms with Crippen LogP contribution in [0.3, 0.4) is 0 Å². The summed E-state index contributed by atoms with van der Waals surface area (Å²) >= 11 is 0. The molecule has 0 amide bonds. The zero-order valence-corrected chi connectivity index (χ0v) is 22.7. The van der Waals surface area contributed by atoms with Gasteiger partial charge < -0.3 is 4.42 Å². The Hall–Kier alpha value is -2.11. The molecule has 1 aliphatic carbocycles. The number of hydrogen-bond acceptors (Lipinski definition) is 1. The first-order valence-electron chi connectivity index (χ1n) is 11.4. The number of fused-ring (bicyclic) bond motifs is 1. The molecule has 0 radical (unpaired) electrons. The second-order valence-corrected chi connectivity index (χ2v) is 21.5. The molecule has 2 aromatic carbocycles. The van der Waals surface area contributed by atoms with Crippen LogP contribution in [0, 0.1) is 20.8 Å². The maximum atomic E-state index is 6.08. The second kappa shape index (κ2) is 7.49. The molecule has 0 fully saturated rings. The van der Waals surface area contributed by atoms with Gasteiger partial charge in [-0.25, -0.2) is 0 Å². The highest BCUT2D eigenvalue weighted by Crippen LogP contribution is 2.40. The molecule has 0 atom stereocenters. The van der Waals surface area contributed by atoms with E-state index in [2.05, 4.69) is 103 Å². The van der Waals surface area contributed by atoms with Crippen LogP contribution in [0.1, 0.15) is 33.8 Å². The standard InChI is InChI=1S/C28H36OSi2/c1-18-10-11-21-13-22(27-12-19(2)20(3)29-27)16-26(21)28(18)23-14-24(30(4,5)6)17-25(15-23)31(7,8)9/h10-12,14-17H,13H2,1-9H3. The predicted octanol–water partition coefficient (Wildman–Crippen LogP) is 7.06. The fourth-order valence-corrected chi connectivity index (χ4v) is 6.93. The fraction of sp³-hybridized carbons (Fsp3) is 0.357. The maximum absolute atomic E-state index is 6.08. The summed E-state index contributed by atoms with van der Waals surface area (Å²) in [4.78, 5) is 0. The van der Waals surface area contributed by atoms with Crippen molar-refractivity contribution in [3.05, 3.63) is 70.2 Å². The van der Waals surface area contributed by atoms with Crippen molar-refractivity contribution in [2.75, 3.05) is 0 Å². The summed E-state index contributed by atoms with van der Waals surface area (Å²) in [6.45, 7) is 21.2. The summed E-state index contributed by atoms with van der Waals surface area (Å²) in [6.07, 6.45) is 3.33. The van der Waals surface area contributed by atoms with Crippen LogP contribution in [-0.4, -0.2) is 16.1 Å². The number of aryl methyl sites for hydroxylation is 3. The van der Waals surface area contributed by atoms with Gasteiger partial charge in [0.05, 0.1) is 16.1 Å². The highest BCUT2D eigenvalue weighted by molar-refractivity contribution is 6.91. The molecule has 0 bridgehead atoms. The van der Waals surface area contributed by atoms with Crippen molar-refractivity contribution in [1.82, 2.24) is 0 Å².